The van der Waals surface area contributed by atoms with Crippen molar-refractivity contribution in [2.24, 2.45) is 5.14 Å². The molecular formula is C3H8N2S2. The van der Waals surface area contributed by atoms with Crippen LogP contribution in [0.3, 0.4) is 0 Å². The van der Waals surface area contributed by atoms with Gasteiger partial charge in [0.15, 0.2) is 0 Å². The molecule has 1 heterocycles. The Balaban J connectivity index is 2.14. The molecular weight excluding hydrogens is 128 g/mol. The molecule has 1 aliphatic heterocycles. The highest BCUT2D eigenvalue weighted by atomic mass is 32.2. The Morgan fingerprint density at radius 3 is 2.86 bits per heavy atom. The van der Waals surface area contributed by atoms with Crippen molar-refractivity contribution in [1.82, 2.24) is 4.31 Å². The van der Waals surface area contributed by atoms with Gasteiger partial charge in [0.1, 0.15) is 0 Å². The molecule has 0 radical (unpaired) electrons. The zero-order valence-electron chi connectivity index (χ0n) is 3.96. The molecule has 0 saturated carbocycles. The maximum Gasteiger partial charge on any atom is 0.0559 e. The van der Waals surface area contributed by atoms with E-state index in [-0.39, 0.29) is 0 Å². The molecule has 0 bridgehead atoms. The quantitative estimate of drug-likeness (QED) is 0.532. The molecule has 2 N–H and O–H groups in total. The standard InChI is InChI=1S/C3H8N2S2/c4-7-5-1-2-6-3-5/h1-4H2. The lowest BCUT2D eigenvalue weighted by atomic mass is 10.8. The molecule has 7 heavy (non-hydrogen) atoms. The van der Waals surface area contributed by atoms with Crippen molar-refractivity contribution in [2.75, 3.05) is 18.2 Å². The third-order valence-electron chi connectivity index (χ3n) is 0.869. The maximum atomic E-state index is 5.26. The fourth-order valence-corrected chi connectivity index (χ4v) is 2.07. The lowest BCUT2D eigenvalue weighted by molar-refractivity contribution is 0.612. The Morgan fingerprint density at radius 2 is 2.57 bits per heavy atom. The molecule has 0 aromatic heterocycles. The Morgan fingerprint density at radius 1 is 1.71 bits per heavy atom. The first kappa shape index (κ1) is 5.75. The van der Waals surface area contributed by atoms with Crippen LogP contribution in [0.4, 0.5) is 0 Å². The fraction of sp³-hybridized carbons (Fsp3) is 1.00. The van der Waals surface area contributed by atoms with Crippen molar-refractivity contribution in [2.45, 2.75) is 0 Å². The van der Waals surface area contributed by atoms with Gasteiger partial charge in [-0.25, -0.2) is 4.31 Å². The number of thioether (sulfide) groups is 1. The van der Waals surface area contributed by atoms with E-state index in [0.29, 0.717) is 0 Å². The van der Waals surface area contributed by atoms with Crippen molar-refractivity contribution >= 4 is 23.9 Å². The second kappa shape index (κ2) is 2.81. The van der Waals surface area contributed by atoms with Crippen molar-refractivity contribution in [3.63, 3.8) is 0 Å². The third-order valence-corrected chi connectivity index (χ3v) is 2.61. The van der Waals surface area contributed by atoms with Crippen LogP contribution in [0.15, 0.2) is 0 Å². The fourth-order valence-electron chi connectivity index (χ4n) is 0.480. The molecule has 0 amide bonds. The van der Waals surface area contributed by atoms with Gasteiger partial charge in [0.05, 0.1) is 5.88 Å². The first-order valence-electron chi connectivity index (χ1n) is 2.13. The summed E-state index contributed by atoms with van der Waals surface area (Å²) in [6.07, 6.45) is 0. The summed E-state index contributed by atoms with van der Waals surface area (Å²) in [5.41, 5.74) is 0. The van der Waals surface area contributed by atoms with E-state index in [4.69, 9.17) is 5.14 Å². The zero-order chi connectivity index (χ0) is 5.11. The Hall–Kier alpha value is 0.620. The second-order valence-electron chi connectivity index (χ2n) is 1.35. The Labute approximate surface area is 52.1 Å². The van der Waals surface area contributed by atoms with Gasteiger partial charge in [-0.3, -0.25) is 5.14 Å². The van der Waals surface area contributed by atoms with Crippen LogP contribution in [-0.4, -0.2) is 22.5 Å². The van der Waals surface area contributed by atoms with Crippen LogP contribution < -0.4 is 5.14 Å². The van der Waals surface area contributed by atoms with E-state index in [2.05, 4.69) is 4.31 Å². The summed E-state index contributed by atoms with van der Waals surface area (Å²) >= 11 is 3.28. The summed E-state index contributed by atoms with van der Waals surface area (Å²) in [5.74, 6) is 2.34. The zero-order valence-corrected chi connectivity index (χ0v) is 5.60. The minimum absolute atomic E-state index is 1.10. The smallest absolute Gasteiger partial charge is 0.0559 e. The summed E-state index contributed by atoms with van der Waals surface area (Å²) in [6, 6.07) is 0. The molecule has 0 aromatic carbocycles. The van der Waals surface area contributed by atoms with Gasteiger partial charge in [0.2, 0.25) is 0 Å². The minimum atomic E-state index is 1.10. The van der Waals surface area contributed by atoms with Crippen LogP contribution >= 0.6 is 23.9 Å². The van der Waals surface area contributed by atoms with Crippen molar-refractivity contribution in [1.29, 1.82) is 0 Å². The van der Waals surface area contributed by atoms with Gasteiger partial charge >= 0.3 is 0 Å². The lowest BCUT2D eigenvalue weighted by Crippen LogP contribution is -2.11. The lowest BCUT2D eigenvalue weighted by Gasteiger charge is -2.04. The van der Waals surface area contributed by atoms with Gasteiger partial charge in [-0.05, 0) is 0 Å². The predicted molar refractivity (Wildman–Crippen MR) is 35.8 cm³/mol. The van der Waals surface area contributed by atoms with Gasteiger partial charge in [-0.1, -0.05) is 0 Å². The second-order valence-corrected chi connectivity index (χ2v) is 3.15. The van der Waals surface area contributed by atoms with Gasteiger partial charge < -0.3 is 0 Å². The highest BCUT2D eigenvalue weighted by molar-refractivity contribution is 8.01. The largest absolute Gasteiger partial charge is 0.264 e. The minimum Gasteiger partial charge on any atom is -0.264 e. The normalized spacial score (nSPS) is 23.6. The van der Waals surface area contributed by atoms with E-state index in [1.54, 1.807) is 0 Å². The summed E-state index contributed by atoms with van der Waals surface area (Å²) < 4.78 is 2.14. The highest BCUT2D eigenvalue weighted by Crippen LogP contribution is 2.17. The van der Waals surface area contributed by atoms with E-state index in [0.717, 1.165) is 12.4 Å². The van der Waals surface area contributed by atoms with Crippen LogP contribution in [-0.2, 0) is 0 Å². The van der Waals surface area contributed by atoms with Crippen molar-refractivity contribution in [3.05, 3.63) is 0 Å². The Bertz CT molecular complexity index is 52.9. The van der Waals surface area contributed by atoms with Crippen LogP contribution in [0.2, 0.25) is 0 Å². The van der Waals surface area contributed by atoms with Gasteiger partial charge in [0.25, 0.3) is 0 Å². The molecule has 42 valence electrons. The topological polar surface area (TPSA) is 29.3 Å². The maximum absolute atomic E-state index is 5.26. The number of hydrogen-bond acceptors (Lipinski definition) is 4. The van der Waals surface area contributed by atoms with Gasteiger partial charge in [-0.15, -0.1) is 11.8 Å². The molecule has 0 atom stereocenters. The summed E-state index contributed by atoms with van der Waals surface area (Å²) in [4.78, 5) is 0. The van der Waals surface area contributed by atoms with Crippen molar-refractivity contribution < 1.29 is 0 Å². The molecule has 1 rings (SSSR count). The summed E-state index contributed by atoms with van der Waals surface area (Å²) in [6.45, 7) is 1.14. The first-order valence-corrected chi connectivity index (χ1v) is 4.12. The van der Waals surface area contributed by atoms with Gasteiger partial charge in [0, 0.05) is 24.4 Å². The van der Waals surface area contributed by atoms with E-state index >= 15 is 0 Å². The third kappa shape index (κ3) is 1.53. The van der Waals surface area contributed by atoms with Crippen LogP contribution in [0.1, 0.15) is 0 Å². The summed E-state index contributed by atoms with van der Waals surface area (Å²) in [7, 11) is 0. The van der Waals surface area contributed by atoms with Gasteiger partial charge in [-0.2, -0.15) is 0 Å². The average Bonchev–Trinajstić information content (AvgIpc) is 2.14. The first-order chi connectivity index (χ1) is 3.43. The van der Waals surface area contributed by atoms with Crippen molar-refractivity contribution in [3.8, 4) is 0 Å². The average molecular weight is 136 g/mol. The molecule has 4 heteroatoms. The number of hydrogen-bond donors (Lipinski definition) is 1. The molecule has 0 aliphatic carbocycles. The molecule has 1 saturated heterocycles. The SMILES string of the molecule is NSN1CCSC1. The monoisotopic (exact) mass is 136 g/mol. The van der Waals surface area contributed by atoms with Crippen LogP contribution in [0, 0.1) is 0 Å². The van der Waals surface area contributed by atoms with E-state index in [9.17, 15) is 0 Å². The molecule has 2 nitrogen and oxygen atoms in total. The molecule has 0 spiro atoms. The summed E-state index contributed by atoms with van der Waals surface area (Å²) in [5, 5.41) is 5.26. The molecule has 1 aliphatic rings. The molecule has 1 fully saturated rings. The highest BCUT2D eigenvalue weighted by Gasteiger charge is 2.09. The Kier molecular flexibility index (Phi) is 2.31. The number of rotatable bonds is 1. The van der Waals surface area contributed by atoms with E-state index in [1.807, 2.05) is 11.8 Å². The van der Waals surface area contributed by atoms with E-state index in [1.165, 1.54) is 17.9 Å². The molecule has 0 aromatic rings. The van der Waals surface area contributed by atoms with E-state index < -0.39 is 0 Å². The van der Waals surface area contributed by atoms with Crippen LogP contribution in [0.25, 0.3) is 0 Å². The number of nitrogens with two attached hydrogens (primary N) is 1. The molecule has 0 unspecified atom stereocenters. The number of nitrogens with zero attached hydrogens (tertiary/aromatic N) is 1. The predicted octanol–water partition coefficient (Wildman–Crippen LogP) is 0.515. The van der Waals surface area contributed by atoms with Crippen LogP contribution in [0.5, 0.6) is 0 Å².